The van der Waals surface area contributed by atoms with Crippen molar-refractivity contribution in [3.8, 4) is 11.1 Å². The molecule has 182 valence electrons. The van der Waals surface area contributed by atoms with Crippen molar-refractivity contribution in [3.63, 3.8) is 0 Å². The van der Waals surface area contributed by atoms with Gasteiger partial charge in [0.25, 0.3) is 0 Å². The van der Waals surface area contributed by atoms with Gasteiger partial charge in [0.2, 0.25) is 5.91 Å². The van der Waals surface area contributed by atoms with E-state index in [1.807, 2.05) is 31.3 Å². The number of halogens is 2. The van der Waals surface area contributed by atoms with Gasteiger partial charge in [-0.3, -0.25) is 9.69 Å². The maximum atomic E-state index is 14.8. The molecule has 0 aliphatic heterocycles. The minimum Gasteiger partial charge on any atom is -0.361 e. The van der Waals surface area contributed by atoms with Crippen molar-refractivity contribution in [1.82, 2.24) is 14.9 Å². The zero-order chi connectivity index (χ0) is 25.2. The summed E-state index contributed by atoms with van der Waals surface area (Å²) in [6, 6.07) is 16.6. The molecule has 8 heteroatoms. The first-order valence-corrected chi connectivity index (χ1v) is 12.3. The van der Waals surface area contributed by atoms with E-state index in [0.29, 0.717) is 11.7 Å². The summed E-state index contributed by atoms with van der Waals surface area (Å²) in [4.78, 5) is 22.2. The Hall–Kier alpha value is -3.88. The van der Waals surface area contributed by atoms with E-state index < -0.39 is 23.6 Å². The Balaban J connectivity index is 1.43. The van der Waals surface area contributed by atoms with Crippen molar-refractivity contribution >= 4 is 33.3 Å². The predicted octanol–water partition coefficient (Wildman–Crippen LogP) is 6.69. The molecule has 3 aromatic carbocycles. The van der Waals surface area contributed by atoms with E-state index in [1.54, 1.807) is 23.5 Å². The lowest BCUT2D eigenvalue weighted by atomic mass is 9.97. The fourth-order valence-electron chi connectivity index (χ4n) is 4.41. The van der Waals surface area contributed by atoms with Crippen LogP contribution in [0.4, 0.5) is 13.9 Å². The highest BCUT2D eigenvalue weighted by Crippen LogP contribution is 2.30. The van der Waals surface area contributed by atoms with Crippen molar-refractivity contribution in [2.24, 2.45) is 0 Å². The minimum atomic E-state index is -1.06. The largest absolute Gasteiger partial charge is 0.361 e. The standard InChI is InChI=1S/C28H24F2N4OS/c1-17-13-18(19-5-8-25-20(14-19)9-10-31-25)3-4-21(17)16-34(2)26(23-15-22(29)6-7-24(23)30)27(35)33-28-32-11-12-36-28/h3-15,26,31H,16H2,1-2H3,(H,32,33,35). The molecule has 0 radical (unpaired) electrons. The molecule has 0 aliphatic carbocycles. The number of aryl methyl sites for hydroxylation is 1. The molecule has 5 nitrogen and oxygen atoms in total. The SMILES string of the molecule is Cc1cc(-c2ccc3[nH]ccc3c2)ccc1CN(C)C(C(=O)Nc1nccs1)c1cc(F)ccc1F. The number of carbonyl (C=O) groups is 1. The topological polar surface area (TPSA) is 61.0 Å². The highest BCUT2D eigenvalue weighted by molar-refractivity contribution is 7.13. The van der Waals surface area contributed by atoms with Crippen LogP contribution < -0.4 is 5.32 Å². The van der Waals surface area contributed by atoms with Gasteiger partial charge in [-0.15, -0.1) is 11.3 Å². The Morgan fingerprint density at radius 3 is 2.67 bits per heavy atom. The first-order chi connectivity index (χ1) is 17.4. The molecule has 1 amide bonds. The summed E-state index contributed by atoms with van der Waals surface area (Å²) in [5, 5.41) is 6.00. The Morgan fingerprint density at radius 2 is 1.89 bits per heavy atom. The molecule has 0 fully saturated rings. The highest BCUT2D eigenvalue weighted by atomic mass is 32.1. The number of aromatic nitrogens is 2. The van der Waals surface area contributed by atoms with E-state index in [-0.39, 0.29) is 5.56 Å². The summed E-state index contributed by atoms with van der Waals surface area (Å²) >= 11 is 1.26. The fourth-order valence-corrected chi connectivity index (χ4v) is 4.94. The van der Waals surface area contributed by atoms with Gasteiger partial charge in [-0.25, -0.2) is 13.8 Å². The van der Waals surface area contributed by atoms with Crippen molar-refractivity contribution < 1.29 is 13.6 Å². The number of anilines is 1. The number of benzene rings is 3. The van der Waals surface area contributed by atoms with Crippen LogP contribution in [0.2, 0.25) is 0 Å². The molecule has 2 aromatic heterocycles. The fraction of sp³-hybridized carbons (Fsp3) is 0.143. The van der Waals surface area contributed by atoms with E-state index >= 15 is 0 Å². The number of H-pyrrole nitrogens is 1. The molecule has 2 N–H and O–H groups in total. The summed E-state index contributed by atoms with van der Waals surface area (Å²) in [7, 11) is 1.73. The lowest BCUT2D eigenvalue weighted by Crippen LogP contribution is -2.35. The molecule has 1 atom stereocenters. The van der Waals surface area contributed by atoms with Gasteiger partial charge in [-0.1, -0.05) is 24.3 Å². The third kappa shape index (κ3) is 4.91. The Bertz CT molecular complexity index is 1530. The van der Waals surface area contributed by atoms with Gasteiger partial charge in [0.15, 0.2) is 5.13 Å². The zero-order valence-electron chi connectivity index (χ0n) is 19.8. The summed E-state index contributed by atoms with van der Waals surface area (Å²) in [6.07, 6.45) is 3.49. The van der Waals surface area contributed by atoms with Crippen molar-refractivity contribution in [2.45, 2.75) is 19.5 Å². The van der Waals surface area contributed by atoms with Crippen molar-refractivity contribution in [2.75, 3.05) is 12.4 Å². The number of fused-ring (bicyclic) bond motifs is 1. The molecule has 0 saturated carbocycles. The van der Waals surface area contributed by atoms with Crippen LogP contribution in [0.5, 0.6) is 0 Å². The molecule has 2 heterocycles. The highest BCUT2D eigenvalue weighted by Gasteiger charge is 2.29. The lowest BCUT2D eigenvalue weighted by Gasteiger charge is -2.28. The van der Waals surface area contributed by atoms with Crippen molar-refractivity contribution in [3.05, 3.63) is 107 Å². The van der Waals surface area contributed by atoms with E-state index in [0.717, 1.165) is 51.4 Å². The maximum Gasteiger partial charge on any atom is 0.248 e. The number of rotatable bonds is 7. The third-order valence-corrected chi connectivity index (χ3v) is 6.94. The number of nitrogens with one attached hydrogen (secondary N) is 2. The van der Waals surface area contributed by atoms with Crippen LogP contribution in [0.3, 0.4) is 0 Å². The summed E-state index contributed by atoms with van der Waals surface area (Å²) in [6.45, 7) is 2.36. The smallest absolute Gasteiger partial charge is 0.248 e. The molecule has 5 rings (SSSR count). The Labute approximate surface area is 211 Å². The van der Waals surface area contributed by atoms with E-state index in [9.17, 15) is 13.6 Å². The number of amides is 1. The first kappa shape index (κ1) is 23.8. The van der Waals surface area contributed by atoms with Gasteiger partial charge in [-0.05, 0) is 78.0 Å². The van der Waals surface area contributed by atoms with Crippen molar-refractivity contribution in [1.29, 1.82) is 0 Å². The van der Waals surface area contributed by atoms with Gasteiger partial charge in [0.05, 0.1) is 0 Å². The summed E-state index contributed by atoms with van der Waals surface area (Å²) < 4.78 is 28.8. The number of nitrogens with zero attached hydrogens (tertiary/aromatic N) is 2. The van der Waals surface area contributed by atoms with Gasteiger partial charge in [-0.2, -0.15) is 0 Å². The monoisotopic (exact) mass is 502 g/mol. The quantitative estimate of drug-likeness (QED) is 0.261. The number of hydrogen-bond donors (Lipinski definition) is 2. The lowest BCUT2D eigenvalue weighted by molar-refractivity contribution is -0.121. The number of thiazole rings is 1. The number of hydrogen-bond acceptors (Lipinski definition) is 4. The first-order valence-electron chi connectivity index (χ1n) is 11.4. The third-order valence-electron chi connectivity index (χ3n) is 6.25. The number of likely N-dealkylation sites (N-methyl/N-ethyl adjacent to an activating group) is 1. The van der Waals surface area contributed by atoms with Crippen LogP contribution in [-0.4, -0.2) is 27.8 Å². The normalized spacial score (nSPS) is 12.2. The summed E-state index contributed by atoms with van der Waals surface area (Å²) in [5.41, 5.74) is 5.25. The number of carbonyl (C=O) groups excluding carboxylic acids is 1. The second-order valence-electron chi connectivity index (χ2n) is 8.73. The van der Waals surface area contributed by atoms with Gasteiger partial charge in [0.1, 0.15) is 17.7 Å². The summed E-state index contributed by atoms with van der Waals surface area (Å²) in [5.74, 6) is -1.73. The van der Waals surface area contributed by atoms with Crippen LogP contribution in [0, 0.1) is 18.6 Å². The van der Waals surface area contributed by atoms with Gasteiger partial charge in [0, 0.05) is 35.4 Å². The second-order valence-corrected chi connectivity index (χ2v) is 9.63. The van der Waals surface area contributed by atoms with E-state index in [2.05, 4.69) is 39.6 Å². The Morgan fingerprint density at radius 1 is 1.08 bits per heavy atom. The Kier molecular flexibility index (Phi) is 6.63. The second kappa shape index (κ2) is 10.0. The van der Waals surface area contributed by atoms with Crippen LogP contribution >= 0.6 is 11.3 Å². The molecule has 5 aromatic rings. The average molecular weight is 503 g/mol. The minimum absolute atomic E-state index is 0.0272. The zero-order valence-corrected chi connectivity index (χ0v) is 20.6. The molecule has 1 unspecified atom stereocenters. The van der Waals surface area contributed by atoms with Crippen LogP contribution in [0.1, 0.15) is 22.7 Å². The molecule has 36 heavy (non-hydrogen) atoms. The number of aromatic amines is 1. The molecule has 0 saturated heterocycles. The molecular weight excluding hydrogens is 478 g/mol. The van der Waals surface area contributed by atoms with Crippen LogP contribution in [0.25, 0.3) is 22.0 Å². The molecule has 0 aliphatic rings. The van der Waals surface area contributed by atoms with Crippen LogP contribution in [0.15, 0.2) is 78.4 Å². The van der Waals surface area contributed by atoms with E-state index in [4.69, 9.17) is 0 Å². The van der Waals surface area contributed by atoms with Gasteiger partial charge >= 0.3 is 0 Å². The predicted molar refractivity (Wildman–Crippen MR) is 140 cm³/mol. The molecular formula is C28H24F2N4OS. The van der Waals surface area contributed by atoms with Crippen LogP contribution in [-0.2, 0) is 11.3 Å². The maximum absolute atomic E-state index is 14.8. The molecule has 0 bridgehead atoms. The van der Waals surface area contributed by atoms with E-state index in [1.165, 1.54) is 11.3 Å². The van der Waals surface area contributed by atoms with Gasteiger partial charge < -0.3 is 10.3 Å². The average Bonchev–Trinajstić information content (AvgIpc) is 3.54. The molecule has 0 spiro atoms.